The van der Waals surface area contributed by atoms with E-state index in [0.717, 1.165) is 57.4 Å². The molecule has 1 aromatic carbocycles. The van der Waals surface area contributed by atoms with Crippen molar-refractivity contribution in [3.8, 4) is 5.75 Å². The molecule has 2 aromatic heterocycles. The molecule has 0 saturated heterocycles. The molecule has 162 valence electrons. The van der Waals surface area contributed by atoms with Crippen LogP contribution in [-0.2, 0) is 13.0 Å². The van der Waals surface area contributed by atoms with Crippen LogP contribution in [0.1, 0.15) is 45.9 Å². The van der Waals surface area contributed by atoms with Gasteiger partial charge in [-0.05, 0) is 55.6 Å². The van der Waals surface area contributed by atoms with Gasteiger partial charge < -0.3 is 15.2 Å². The Morgan fingerprint density at radius 2 is 2.13 bits per heavy atom. The summed E-state index contributed by atoms with van der Waals surface area (Å²) in [7, 11) is 0. The molecule has 1 aliphatic heterocycles. The Bertz CT molecular complexity index is 1130. The molecule has 0 bridgehead atoms. The smallest absolute Gasteiger partial charge is 0.262 e. The molecule has 0 amide bonds. The SMILES string of the molecule is CC(C)(C)[NH2+]C[C@@H](O)COc1c(Br)ccc2c1sc1nc3n(c(=O)c12)CCCCC3. The zero-order chi connectivity index (χ0) is 21.5. The number of hydrogen-bond donors (Lipinski definition) is 2. The van der Waals surface area contributed by atoms with Gasteiger partial charge in [-0.15, -0.1) is 11.3 Å². The first-order chi connectivity index (χ1) is 14.2. The number of aliphatic hydroxyl groups is 1. The molecule has 1 atom stereocenters. The number of fused-ring (bicyclic) bond motifs is 4. The second kappa shape index (κ2) is 8.57. The second-order valence-corrected chi connectivity index (χ2v) is 11.0. The first-order valence-corrected chi connectivity index (χ1v) is 12.2. The summed E-state index contributed by atoms with van der Waals surface area (Å²) < 4.78 is 9.62. The number of ether oxygens (including phenoxy) is 1. The molecule has 0 aliphatic carbocycles. The largest absolute Gasteiger partial charge is 0.488 e. The minimum Gasteiger partial charge on any atom is -0.488 e. The van der Waals surface area contributed by atoms with Crippen LogP contribution in [0.15, 0.2) is 21.4 Å². The highest BCUT2D eigenvalue weighted by atomic mass is 79.9. The molecule has 4 rings (SSSR count). The zero-order valence-electron chi connectivity index (χ0n) is 17.7. The predicted octanol–water partition coefficient (Wildman–Crippen LogP) is 3.20. The van der Waals surface area contributed by atoms with Gasteiger partial charge in [0.2, 0.25) is 0 Å². The van der Waals surface area contributed by atoms with Gasteiger partial charge in [0, 0.05) is 18.4 Å². The van der Waals surface area contributed by atoms with Crippen molar-refractivity contribution in [1.82, 2.24) is 9.55 Å². The molecule has 0 unspecified atom stereocenters. The van der Waals surface area contributed by atoms with Gasteiger partial charge in [-0.3, -0.25) is 9.36 Å². The highest BCUT2D eigenvalue weighted by Crippen LogP contribution is 2.41. The lowest BCUT2D eigenvalue weighted by Crippen LogP contribution is -2.96. The van der Waals surface area contributed by atoms with Gasteiger partial charge in [-0.25, -0.2) is 4.98 Å². The third-order valence-corrected chi connectivity index (χ3v) is 7.17. The lowest BCUT2D eigenvalue weighted by molar-refractivity contribution is -0.722. The summed E-state index contributed by atoms with van der Waals surface area (Å²) in [5.41, 5.74) is 0.107. The summed E-state index contributed by atoms with van der Waals surface area (Å²) in [4.78, 5) is 18.9. The molecule has 0 radical (unpaired) electrons. The first kappa shape index (κ1) is 21.7. The van der Waals surface area contributed by atoms with E-state index >= 15 is 0 Å². The Morgan fingerprint density at radius 3 is 2.90 bits per heavy atom. The molecule has 8 heteroatoms. The van der Waals surface area contributed by atoms with E-state index < -0.39 is 6.10 Å². The number of aryl methyl sites for hydroxylation is 1. The average molecular weight is 495 g/mol. The van der Waals surface area contributed by atoms with E-state index in [0.29, 0.717) is 17.7 Å². The number of nitrogens with zero attached hydrogens (tertiary/aromatic N) is 2. The summed E-state index contributed by atoms with van der Waals surface area (Å²) in [5, 5.41) is 14.0. The number of nitrogens with two attached hydrogens (primary N) is 1. The number of benzene rings is 1. The summed E-state index contributed by atoms with van der Waals surface area (Å²) in [6.07, 6.45) is 3.50. The summed E-state index contributed by atoms with van der Waals surface area (Å²) in [6, 6.07) is 3.87. The monoisotopic (exact) mass is 494 g/mol. The number of hydrogen-bond acceptors (Lipinski definition) is 5. The molecule has 0 saturated carbocycles. The van der Waals surface area contributed by atoms with Crippen LogP contribution in [0.5, 0.6) is 5.75 Å². The van der Waals surface area contributed by atoms with Gasteiger partial charge >= 0.3 is 0 Å². The van der Waals surface area contributed by atoms with Crippen molar-refractivity contribution in [2.75, 3.05) is 13.2 Å². The van der Waals surface area contributed by atoms with E-state index in [1.807, 2.05) is 16.7 Å². The number of rotatable bonds is 5. The Balaban J connectivity index is 1.70. The number of quaternary nitrogens is 1. The molecular weight excluding hydrogens is 466 g/mol. The minimum absolute atomic E-state index is 0.0521. The normalized spacial score (nSPS) is 15.9. The van der Waals surface area contributed by atoms with Crippen molar-refractivity contribution in [3.63, 3.8) is 0 Å². The fraction of sp³-hybridized carbons (Fsp3) is 0.545. The van der Waals surface area contributed by atoms with E-state index in [4.69, 9.17) is 9.72 Å². The molecule has 3 heterocycles. The lowest BCUT2D eigenvalue weighted by Gasteiger charge is -2.20. The van der Waals surface area contributed by atoms with Crippen LogP contribution in [0.3, 0.4) is 0 Å². The van der Waals surface area contributed by atoms with Crippen LogP contribution in [0.25, 0.3) is 20.3 Å². The van der Waals surface area contributed by atoms with Crippen molar-refractivity contribution in [3.05, 3.63) is 32.8 Å². The maximum Gasteiger partial charge on any atom is 0.262 e. The van der Waals surface area contributed by atoms with Gasteiger partial charge in [0.05, 0.1) is 20.1 Å². The Morgan fingerprint density at radius 1 is 1.33 bits per heavy atom. The fourth-order valence-corrected chi connectivity index (χ4v) is 5.60. The molecule has 0 spiro atoms. The van der Waals surface area contributed by atoms with Crippen molar-refractivity contribution < 1.29 is 15.2 Å². The standard InChI is InChI=1S/C22H28BrN3O3S/c1-22(2,3)24-11-13(27)12-29-18-15(23)9-8-14-17-20(30-19(14)18)25-16-7-5-4-6-10-26(16)21(17)28/h8-9,13,24,27H,4-7,10-12H2,1-3H3/p+1/t13-/m1/s1. The molecule has 6 nitrogen and oxygen atoms in total. The maximum absolute atomic E-state index is 13.3. The zero-order valence-corrected chi connectivity index (χ0v) is 20.1. The number of thiophene rings is 1. The van der Waals surface area contributed by atoms with E-state index in [1.54, 1.807) is 0 Å². The lowest BCUT2D eigenvalue weighted by atomic mass is 10.1. The van der Waals surface area contributed by atoms with E-state index in [1.165, 1.54) is 11.3 Å². The Hall–Kier alpha value is -1.48. The molecule has 1 aliphatic rings. The van der Waals surface area contributed by atoms with E-state index in [-0.39, 0.29) is 17.7 Å². The van der Waals surface area contributed by atoms with Crippen LogP contribution < -0.4 is 15.6 Å². The number of aliphatic hydroxyl groups excluding tert-OH is 1. The van der Waals surface area contributed by atoms with Gasteiger partial charge in [0.15, 0.2) is 5.75 Å². The highest BCUT2D eigenvalue weighted by Gasteiger charge is 2.22. The molecule has 0 fully saturated rings. The van der Waals surface area contributed by atoms with Crippen molar-refractivity contribution in [1.29, 1.82) is 0 Å². The van der Waals surface area contributed by atoms with Crippen LogP contribution in [0.4, 0.5) is 0 Å². The average Bonchev–Trinajstić information content (AvgIpc) is 2.88. The van der Waals surface area contributed by atoms with Gasteiger partial charge in [0.1, 0.15) is 29.9 Å². The molecular formula is C22H29BrN3O3S+. The summed E-state index contributed by atoms with van der Waals surface area (Å²) in [6.45, 7) is 7.85. The second-order valence-electron chi connectivity index (χ2n) is 9.10. The third-order valence-electron chi connectivity index (χ3n) is 5.45. The van der Waals surface area contributed by atoms with Crippen molar-refractivity contribution in [2.24, 2.45) is 0 Å². The topological polar surface area (TPSA) is 81.0 Å². The molecule has 30 heavy (non-hydrogen) atoms. The van der Waals surface area contributed by atoms with Crippen molar-refractivity contribution in [2.45, 2.75) is 64.6 Å². The number of halogens is 1. The third kappa shape index (κ3) is 4.42. The van der Waals surface area contributed by atoms with Crippen LogP contribution in [0.2, 0.25) is 0 Å². The maximum atomic E-state index is 13.3. The van der Waals surface area contributed by atoms with Crippen LogP contribution in [-0.4, -0.2) is 39.5 Å². The molecule has 3 N–H and O–H groups in total. The predicted molar refractivity (Wildman–Crippen MR) is 125 cm³/mol. The fourth-order valence-electron chi connectivity index (χ4n) is 3.84. The Kier molecular flexibility index (Phi) is 6.21. The Labute approximate surface area is 188 Å². The quantitative estimate of drug-likeness (QED) is 0.570. The van der Waals surface area contributed by atoms with Crippen LogP contribution in [0, 0.1) is 0 Å². The number of aromatic nitrogens is 2. The van der Waals surface area contributed by atoms with E-state index in [2.05, 4.69) is 42.0 Å². The highest BCUT2D eigenvalue weighted by molar-refractivity contribution is 9.10. The van der Waals surface area contributed by atoms with Gasteiger partial charge in [-0.2, -0.15) is 0 Å². The van der Waals surface area contributed by atoms with Crippen LogP contribution >= 0.6 is 27.3 Å². The summed E-state index contributed by atoms with van der Waals surface area (Å²) in [5.74, 6) is 1.57. The molecule has 3 aromatic rings. The van der Waals surface area contributed by atoms with E-state index in [9.17, 15) is 9.90 Å². The van der Waals surface area contributed by atoms with Gasteiger partial charge in [0.25, 0.3) is 5.56 Å². The summed E-state index contributed by atoms with van der Waals surface area (Å²) >= 11 is 5.08. The van der Waals surface area contributed by atoms with Crippen molar-refractivity contribution >= 4 is 47.6 Å². The van der Waals surface area contributed by atoms with Gasteiger partial charge in [-0.1, -0.05) is 12.5 Å². The minimum atomic E-state index is -0.583. The first-order valence-electron chi connectivity index (χ1n) is 10.5.